The average molecular weight is 479 g/mol. The van der Waals surface area contributed by atoms with E-state index in [4.69, 9.17) is 4.74 Å². The molecule has 4 aromatic carbocycles. The summed E-state index contributed by atoms with van der Waals surface area (Å²) in [7, 11) is 4.11. The number of benzene rings is 2. The van der Waals surface area contributed by atoms with E-state index in [1.165, 1.54) is 27.8 Å². The van der Waals surface area contributed by atoms with E-state index in [1.807, 2.05) is 30.3 Å². The van der Waals surface area contributed by atoms with Gasteiger partial charge in [0, 0.05) is 6.54 Å². The van der Waals surface area contributed by atoms with Crippen LogP contribution in [0, 0.1) is 0 Å². The van der Waals surface area contributed by atoms with Gasteiger partial charge in [-0.2, -0.15) is 30.3 Å². The number of allylic oxidation sites excluding steroid dienone is 1. The molecule has 0 unspecified atom stereocenters. The van der Waals surface area contributed by atoms with Gasteiger partial charge in [0.15, 0.2) is 0 Å². The van der Waals surface area contributed by atoms with Crippen molar-refractivity contribution >= 4 is 11.1 Å². The van der Waals surface area contributed by atoms with Crippen molar-refractivity contribution in [1.82, 2.24) is 4.90 Å². The molecule has 172 valence electrons. The fourth-order valence-corrected chi connectivity index (χ4v) is 3.61. The molecule has 0 spiro atoms. The summed E-state index contributed by atoms with van der Waals surface area (Å²) in [4.78, 5) is 2.12. The van der Waals surface area contributed by atoms with Gasteiger partial charge in [-0.1, -0.05) is 66.1 Å². The molecular weight excluding hydrogens is 446 g/mol. The van der Waals surface area contributed by atoms with Crippen LogP contribution in [0.1, 0.15) is 30.0 Å². The fourth-order valence-electron chi connectivity index (χ4n) is 3.61. The van der Waals surface area contributed by atoms with Gasteiger partial charge in [-0.05, 0) is 32.6 Å². The summed E-state index contributed by atoms with van der Waals surface area (Å²) in [5, 5.41) is 0. The van der Waals surface area contributed by atoms with E-state index in [-0.39, 0.29) is 17.1 Å². The van der Waals surface area contributed by atoms with Gasteiger partial charge in [0.05, 0.1) is 0 Å². The SMILES string of the molecule is CCC(=C(c1ccccc1)c1ccc(OCCN(C)C)cc1)[c-]1cccc1.[Fe+2].c1cc[cH-]c1. The summed E-state index contributed by atoms with van der Waals surface area (Å²) in [6, 6.07) is 37.8. The van der Waals surface area contributed by atoms with Crippen molar-refractivity contribution in [3.8, 4) is 5.75 Å². The maximum absolute atomic E-state index is 5.86. The molecule has 4 aromatic rings. The maximum Gasteiger partial charge on any atom is 2.00 e. The van der Waals surface area contributed by atoms with E-state index >= 15 is 0 Å². The van der Waals surface area contributed by atoms with Gasteiger partial charge in [-0.15, -0.1) is 23.3 Å². The Morgan fingerprint density at radius 2 is 1.42 bits per heavy atom. The third-order valence-electron chi connectivity index (χ3n) is 5.23. The average Bonchev–Trinajstić information content (AvgIpc) is 3.56. The third-order valence-corrected chi connectivity index (χ3v) is 5.23. The van der Waals surface area contributed by atoms with E-state index < -0.39 is 0 Å². The predicted octanol–water partition coefficient (Wildman–Crippen LogP) is 7.12. The normalized spacial score (nSPS) is 11.2. The molecule has 0 heterocycles. The second-order valence-corrected chi connectivity index (χ2v) is 7.89. The summed E-state index contributed by atoms with van der Waals surface area (Å²) in [5.74, 6) is 0.916. The zero-order chi connectivity index (χ0) is 22.6. The number of likely N-dealkylation sites (N-methyl/N-ethyl adjacent to an activating group) is 1. The van der Waals surface area contributed by atoms with Crippen LogP contribution in [0.4, 0.5) is 0 Å². The molecule has 0 radical (unpaired) electrons. The standard InChI is InChI=1S/C25H28NO.C5H5.Fe/c1-4-24(20-10-8-9-11-20)25(21-12-6-5-7-13-21)22-14-16-23(17-15-22)27-19-18-26(2)3;1-2-4-5-3-1;/h5-17H,4,18-19H2,1-3H3;1-5H;/q2*-1;+2. The maximum atomic E-state index is 5.86. The van der Waals surface area contributed by atoms with Crippen LogP contribution in [0.5, 0.6) is 5.75 Å². The third kappa shape index (κ3) is 8.22. The molecule has 2 nitrogen and oxygen atoms in total. The van der Waals surface area contributed by atoms with Gasteiger partial charge >= 0.3 is 17.1 Å². The van der Waals surface area contributed by atoms with Crippen LogP contribution in [0.3, 0.4) is 0 Å². The Morgan fingerprint density at radius 3 is 1.94 bits per heavy atom. The first-order valence-corrected chi connectivity index (χ1v) is 11.2. The van der Waals surface area contributed by atoms with Crippen molar-refractivity contribution in [3.63, 3.8) is 0 Å². The predicted molar refractivity (Wildman–Crippen MR) is 137 cm³/mol. The first-order chi connectivity index (χ1) is 15.7. The minimum atomic E-state index is 0. The van der Waals surface area contributed by atoms with Crippen molar-refractivity contribution in [1.29, 1.82) is 0 Å². The smallest absolute Gasteiger partial charge is 0.492 e. The summed E-state index contributed by atoms with van der Waals surface area (Å²) in [5.41, 5.74) is 6.43. The van der Waals surface area contributed by atoms with Gasteiger partial charge in [-0.3, -0.25) is 0 Å². The molecule has 0 bridgehead atoms. The Morgan fingerprint density at radius 1 is 0.818 bits per heavy atom. The second-order valence-electron chi connectivity index (χ2n) is 7.89. The van der Waals surface area contributed by atoms with Crippen LogP contribution < -0.4 is 4.74 Å². The zero-order valence-electron chi connectivity index (χ0n) is 19.7. The molecule has 33 heavy (non-hydrogen) atoms. The number of rotatable bonds is 8. The summed E-state index contributed by atoms with van der Waals surface area (Å²) in [6.07, 6.45) is 0.981. The molecule has 0 saturated carbocycles. The van der Waals surface area contributed by atoms with Crippen molar-refractivity contribution in [2.75, 3.05) is 27.2 Å². The number of ether oxygens (including phenoxy) is 1. The van der Waals surface area contributed by atoms with Crippen molar-refractivity contribution in [3.05, 3.63) is 126 Å². The Hall–Kier alpha value is -2.84. The van der Waals surface area contributed by atoms with Gasteiger partial charge < -0.3 is 9.64 Å². The topological polar surface area (TPSA) is 12.5 Å². The monoisotopic (exact) mass is 479 g/mol. The minimum absolute atomic E-state index is 0. The van der Waals surface area contributed by atoms with Crippen molar-refractivity contribution < 1.29 is 21.8 Å². The van der Waals surface area contributed by atoms with E-state index in [1.54, 1.807) is 0 Å². The molecule has 0 saturated heterocycles. The first kappa shape index (κ1) is 26.4. The van der Waals surface area contributed by atoms with E-state index in [0.717, 1.165) is 18.7 Å². The molecule has 0 atom stereocenters. The Kier molecular flexibility index (Phi) is 11.5. The van der Waals surface area contributed by atoms with E-state index in [9.17, 15) is 0 Å². The minimum Gasteiger partial charge on any atom is -0.492 e. The summed E-state index contributed by atoms with van der Waals surface area (Å²) >= 11 is 0. The van der Waals surface area contributed by atoms with Gasteiger partial charge in [-0.25, -0.2) is 12.1 Å². The van der Waals surface area contributed by atoms with Crippen LogP contribution in [-0.4, -0.2) is 32.1 Å². The Labute approximate surface area is 209 Å². The zero-order valence-corrected chi connectivity index (χ0v) is 20.8. The molecule has 0 aliphatic carbocycles. The molecular formula is C30H33FeNO. The number of nitrogens with zero attached hydrogens (tertiary/aromatic N) is 1. The summed E-state index contributed by atoms with van der Waals surface area (Å²) < 4.78 is 5.86. The Balaban J connectivity index is 0.000000568. The molecule has 3 heteroatoms. The molecule has 0 N–H and O–H groups in total. The Bertz CT molecular complexity index is 1010. The van der Waals surface area contributed by atoms with Gasteiger partial charge in [0.25, 0.3) is 0 Å². The molecule has 0 aromatic heterocycles. The molecule has 0 aliphatic rings. The number of hydrogen-bond acceptors (Lipinski definition) is 2. The fraction of sp³-hybridized carbons (Fsp3) is 0.200. The largest absolute Gasteiger partial charge is 2.00 e. The van der Waals surface area contributed by atoms with E-state index in [2.05, 4.69) is 105 Å². The molecule has 4 rings (SSSR count). The second kappa shape index (κ2) is 14.3. The van der Waals surface area contributed by atoms with Gasteiger partial charge in [0.2, 0.25) is 0 Å². The van der Waals surface area contributed by atoms with Crippen LogP contribution in [0.2, 0.25) is 0 Å². The quantitative estimate of drug-likeness (QED) is 0.197. The van der Waals surface area contributed by atoms with E-state index in [0.29, 0.717) is 6.61 Å². The van der Waals surface area contributed by atoms with Crippen molar-refractivity contribution in [2.45, 2.75) is 13.3 Å². The number of hydrogen-bond donors (Lipinski definition) is 0. The van der Waals surface area contributed by atoms with Crippen LogP contribution in [-0.2, 0) is 17.1 Å². The van der Waals surface area contributed by atoms with Gasteiger partial charge in [0.1, 0.15) is 12.4 Å². The molecule has 0 amide bonds. The van der Waals surface area contributed by atoms with Crippen LogP contribution in [0.25, 0.3) is 11.1 Å². The van der Waals surface area contributed by atoms with Crippen LogP contribution >= 0.6 is 0 Å². The first-order valence-electron chi connectivity index (χ1n) is 11.2. The molecule has 0 aliphatic heterocycles. The van der Waals surface area contributed by atoms with Crippen LogP contribution in [0.15, 0.2) is 109 Å². The van der Waals surface area contributed by atoms with Crippen molar-refractivity contribution in [2.24, 2.45) is 0 Å². The summed E-state index contributed by atoms with van der Waals surface area (Å²) in [6.45, 7) is 3.83. The molecule has 0 fully saturated rings.